The highest BCUT2D eigenvalue weighted by molar-refractivity contribution is 6.30. The van der Waals surface area contributed by atoms with E-state index >= 15 is 0 Å². The Bertz CT molecular complexity index is 664. The molecule has 1 aromatic carbocycles. The Morgan fingerprint density at radius 2 is 1.95 bits per heavy atom. The van der Waals surface area contributed by atoms with Gasteiger partial charge in [-0.15, -0.1) is 0 Å². The Kier molecular flexibility index (Phi) is 4.68. The fourth-order valence-corrected chi connectivity index (χ4v) is 1.68. The van der Waals surface area contributed by atoms with Crippen molar-refractivity contribution in [3.8, 4) is 5.75 Å². The maximum Gasteiger partial charge on any atom is 0.289 e. The fourth-order valence-electron chi connectivity index (χ4n) is 1.51. The smallest absolute Gasteiger partial charge is 0.289 e. The van der Waals surface area contributed by atoms with E-state index < -0.39 is 11.8 Å². The van der Waals surface area contributed by atoms with Gasteiger partial charge in [-0.05, 0) is 18.2 Å². The third-order valence-electron chi connectivity index (χ3n) is 2.49. The normalized spacial score (nSPS) is 9.81. The van der Waals surface area contributed by atoms with Crippen LogP contribution in [0.5, 0.6) is 5.75 Å². The van der Waals surface area contributed by atoms with Crippen molar-refractivity contribution in [3.05, 3.63) is 53.1 Å². The molecule has 0 fully saturated rings. The molecule has 8 heteroatoms. The number of aromatic nitrogens is 2. The molecule has 0 unspecified atom stereocenters. The van der Waals surface area contributed by atoms with Gasteiger partial charge in [0, 0.05) is 17.4 Å². The Morgan fingerprint density at radius 3 is 2.62 bits per heavy atom. The van der Waals surface area contributed by atoms with Gasteiger partial charge in [0.25, 0.3) is 11.8 Å². The monoisotopic (exact) mass is 306 g/mol. The minimum Gasteiger partial charge on any atom is -0.496 e. The maximum absolute atomic E-state index is 12.0. The first-order valence-corrected chi connectivity index (χ1v) is 6.20. The number of carbonyl (C=O) groups is 2. The molecule has 2 aromatic rings. The Morgan fingerprint density at radius 1 is 1.19 bits per heavy atom. The molecule has 2 amide bonds. The lowest BCUT2D eigenvalue weighted by Gasteiger charge is -2.10. The third kappa shape index (κ3) is 3.67. The van der Waals surface area contributed by atoms with Gasteiger partial charge in [0.1, 0.15) is 11.4 Å². The molecule has 0 bridgehead atoms. The number of benzene rings is 1. The summed E-state index contributed by atoms with van der Waals surface area (Å²) in [7, 11) is 1.42. The molecule has 21 heavy (non-hydrogen) atoms. The third-order valence-corrected chi connectivity index (χ3v) is 2.73. The van der Waals surface area contributed by atoms with Gasteiger partial charge in [-0.3, -0.25) is 25.4 Å². The lowest BCUT2D eigenvalue weighted by Crippen LogP contribution is -2.42. The van der Waals surface area contributed by atoms with E-state index in [2.05, 4.69) is 20.8 Å². The first kappa shape index (κ1) is 14.7. The van der Waals surface area contributed by atoms with Crippen molar-refractivity contribution in [1.82, 2.24) is 20.8 Å². The van der Waals surface area contributed by atoms with Crippen LogP contribution in [-0.4, -0.2) is 28.9 Å². The summed E-state index contributed by atoms with van der Waals surface area (Å²) in [6.45, 7) is 0. The summed E-state index contributed by atoms with van der Waals surface area (Å²) in [5.41, 5.74) is 4.82. The van der Waals surface area contributed by atoms with E-state index in [4.69, 9.17) is 16.3 Å². The minimum absolute atomic E-state index is 0.0841. The predicted molar refractivity (Wildman–Crippen MR) is 75.0 cm³/mol. The average molecular weight is 307 g/mol. The number of ether oxygens (including phenoxy) is 1. The summed E-state index contributed by atoms with van der Waals surface area (Å²) in [4.78, 5) is 31.3. The standard InChI is InChI=1S/C13H11ClN4O3/c1-21-11-6-8(14)2-3-9(11)12(19)17-18-13(20)10-7-15-4-5-16-10/h2-7H,1H3,(H,17,19)(H,18,20). The van der Waals surface area contributed by atoms with Gasteiger partial charge in [-0.25, -0.2) is 4.98 Å². The van der Waals surface area contributed by atoms with Crippen molar-refractivity contribution in [2.45, 2.75) is 0 Å². The number of amides is 2. The molecule has 0 saturated heterocycles. The summed E-state index contributed by atoms with van der Waals surface area (Å²) < 4.78 is 5.06. The largest absolute Gasteiger partial charge is 0.496 e. The van der Waals surface area contributed by atoms with Crippen LogP contribution in [0, 0.1) is 0 Å². The quantitative estimate of drug-likeness (QED) is 0.832. The second-order valence-electron chi connectivity index (χ2n) is 3.84. The number of hydrogen-bond donors (Lipinski definition) is 2. The highest BCUT2D eigenvalue weighted by Crippen LogP contribution is 2.22. The number of nitrogens with one attached hydrogen (secondary N) is 2. The van der Waals surface area contributed by atoms with Crippen LogP contribution < -0.4 is 15.6 Å². The molecule has 108 valence electrons. The topological polar surface area (TPSA) is 93.2 Å². The molecule has 0 atom stereocenters. The SMILES string of the molecule is COc1cc(Cl)ccc1C(=O)NNC(=O)c1cnccn1. The average Bonchev–Trinajstić information content (AvgIpc) is 2.52. The number of hydrogen-bond acceptors (Lipinski definition) is 5. The molecule has 0 aliphatic carbocycles. The van der Waals surface area contributed by atoms with Crippen LogP contribution in [0.2, 0.25) is 5.02 Å². The molecular weight excluding hydrogens is 296 g/mol. The van der Waals surface area contributed by atoms with E-state index in [9.17, 15) is 9.59 Å². The van der Waals surface area contributed by atoms with Gasteiger partial charge in [-0.2, -0.15) is 0 Å². The molecule has 0 aliphatic heterocycles. The van der Waals surface area contributed by atoms with E-state index in [1.807, 2.05) is 0 Å². The number of carbonyl (C=O) groups excluding carboxylic acids is 2. The summed E-state index contributed by atoms with van der Waals surface area (Å²) in [6, 6.07) is 4.54. The number of nitrogens with zero attached hydrogens (tertiary/aromatic N) is 2. The minimum atomic E-state index is -0.579. The van der Waals surface area contributed by atoms with Crippen LogP contribution in [0.3, 0.4) is 0 Å². The number of hydrazine groups is 1. The van der Waals surface area contributed by atoms with Crippen molar-refractivity contribution >= 4 is 23.4 Å². The maximum atomic E-state index is 12.0. The van der Waals surface area contributed by atoms with Gasteiger partial charge in [-0.1, -0.05) is 11.6 Å². The summed E-state index contributed by atoms with van der Waals surface area (Å²) >= 11 is 5.81. The zero-order chi connectivity index (χ0) is 15.2. The van der Waals surface area contributed by atoms with Crippen LogP contribution in [-0.2, 0) is 0 Å². The van der Waals surface area contributed by atoms with Crippen molar-refractivity contribution in [2.24, 2.45) is 0 Å². The van der Waals surface area contributed by atoms with Crippen LogP contribution in [0.4, 0.5) is 0 Å². The molecule has 2 rings (SSSR count). The Labute approximate surface area is 125 Å². The van der Waals surface area contributed by atoms with E-state index in [1.54, 1.807) is 6.07 Å². The van der Waals surface area contributed by atoms with Crippen molar-refractivity contribution < 1.29 is 14.3 Å². The molecule has 7 nitrogen and oxygen atoms in total. The summed E-state index contributed by atoms with van der Waals surface area (Å²) in [5, 5.41) is 0.437. The first-order chi connectivity index (χ1) is 10.1. The van der Waals surface area contributed by atoms with Gasteiger partial charge in [0.15, 0.2) is 0 Å². The zero-order valence-electron chi connectivity index (χ0n) is 11.0. The molecule has 2 N–H and O–H groups in total. The van der Waals surface area contributed by atoms with Gasteiger partial charge >= 0.3 is 0 Å². The van der Waals surface area contributed by atoms with Crippen molar-refractivity contribution in [1.29, 1.82) is 0 Å². The van der Waals surface area contributed by atoms with Crippen LogP contribution >= 0.6 is 11.6 Å². The Hall–Kier alpha value is -2.67. The summed E-state index contributed by atoms with van der Waals surface area (Å²) in [6.07, 6.45) is 4.09. The van der Waals surface area contributed by atoms with Crippen LogP contribution in [0.15, 0.2) is 36.8 Å². The number of rotatable bonds is 3. The lowest BCUT2D eigenvalue weighted by molar-refractivity contribution is 0.0842. The molecule has 1 aromatic heterocycles. The molecular formula is C13H11ClN4O3. The number of methoxy groups -OCH3 is 1. The van der Waals surface area contributed by atoms with Gasteiger partial charge in [0.2, 0.25) is 0 Å². The van der Waals surface area contributed by atoms with E-state index in [0.717, 1.165) is 0 Å². The Balaban J connectivity index is 2.04. The molecule has 0 spiro atoms. The van der Waals surface area contributed by atoms with Gasteiger partial charge < -0.3 is 4.74 Å². The predicted octanol–water partition coefficient (Wildman–Crippen LogP) is 1.21. The molecule has 1 heterocycles. The van der Waals surface area contributed by atoms with Crippen LogP contribution in [0.1, 0.15) is 20.8 Å². The highest BCUT2D eigenvalue weighted by atomic mass is 35.5. The number of halogens is 1. The second-order valence-corrected chi connectivity index (χ2v) is 4.28. The molecule has 0 saturated carbocycles. The molecule has 0 aliphatic rings. The van der Waals surface area contributed by atoms with Crippen LogP contribution in [0.25, 0.3) is 0 Å². The summed E-state index contributed by atoms with van der Waals surface area (Å²) in [5.74, 6) is -0.820. The van der Waals surface area contributed by atoms with E-state index in [1.165, 1.54) is 37.8 Å². The van der Waals surface area contributed by atoms with E-state index in [0.29, 0.717) is 10.8 Å². The fraction of sp³-hybridized carbons (Fsp3) is 0.0769. The van der Waals surface area contributed by atoms with Crippen molar-refractivity contribution in [3.63, 3.8) is 0 Å². The van der Waals surface area contributed by atoms with E-state index in [-0.39, 0.29) is 11.3 Å². The molecule has 0 radical (unpaired) electrons. The highest BCUT2D eigenvalue weighted by Gasteiger charge is 2.14. The van der Waals surface area contributed by atoms with Gasteiger partial charge in [0.05, 0.1) is 18.9 Å². The zero-order valence-corrected chi connectivity index (χ0v) is 11.7. The first-order valence-electron chi connectivity index (χ1n) is 5.82. The lowest BCUT2D eigenvalue weighted by atomic mass is 10.2. The second kappa shape index (κ2) is 6.67. The van der Waals surface area contributed by atoms with Crippen molar-refractivity contribution in [2.75, 3.05) is 7.11 Å².